The highest BCUT2D eigenvalue weighted by atomic mass is 16.5. The predicted molar refractivity (Wildman–Crippen MR) is 52.6 cm³/mol. The van der Waals surface area contributed by atoms with Gasteiger partial charge in [-0.15, -0.1) is 0 Å². The number of phenols is 1. The van der Waals surface area contributed by atoms with Gasteiger partial charge in [-0.2, -0.15) is 0 Å². The van der Waals surface area contributed by atoms with Crippen LogP contribution in [0.4, 0.5) is 5.69 Å². The minimum absolute atomic E-state index is 0.0160. The molecule has 1 aromatic heterocycles. The summed E-state index contributed by atoms with van der Waals surface area (Å²) in [6, 6.07) is 6.47. The number of phenolic OH excluding ortho intramolecular Hbond substituents is 1. The highest BCUT2D eigenvalue weighted by Crippen LogP contribution is 2.21. The molecule has 2 rings (SSSR count). The van der Waals surface area contributed by atoms with E-state index >= 15 is 0 Å². The van der Waals surface area contributed by atoms with Crippen molar-refractivity contribution in [3.8, 4) is 5.75 Å². The molecule has 76 valence electrons. The fourth-order valence-electron chi connectivity index (χ4n) is 1.09. The van der Waals surface area contributed by atoms with Crippen molar-refractivity contribution in [1.29, 1.82) is 0 Å². The molecule has 0 saturated heterocycles. The van der Waals surface area contributed by atoms with Gasteiger partial charge in [-0.1, -0.05) is 17.3 Å². The number of para-hydroxylation sites is 2. The molecule has 2 N–H and O–H groups in total. The lowest BCUT2D eigenvalue weighted by atomic mass is 10.2. The van der Waals surface area contributed by atoms with E-state index in [1.54, 1.807) is 18.2 Å². The Morgan fingerprint density at radius 3 is 2.87 bits per heavy atom. The summed E-state index contributed by atoms with van der Waals surface area (Å²) < 4.78 is 4.53. The fourth-order valence-corrected chi connectivity index (χ4v) is 1.09. The van der Waals surface area contributed by atoms with Gasteiger partial charge >= 0.3 is 0 Å². The van der Waals surface area contributed by atoms with Crippen molar-refractivity contribution in [2.45, 2.75) is 0 Å². The second kappa shape index (κ2) is 3.83. The molecule has 0 aliphatic heterocycles. The number of nitrogens with zero attached hydrogens (tertiary/aromatic N) is 1. The average molecular weight is 204 g/mol. The number of amides is 1. The third kappa shape index (κ3) is 1.96. The smallest absolute Gasteiger partial charge is 0.260 e. The summed E-state index contributed by atoms with van der Waals surface area (Å²) in [5.41, 5.74) is 0.655. The summed E-state index contributed by atoms with van der Waals surface area (Å²) in [5, 5.41) is 15.3. The van der Waals surface area contributed by atoms with Crippen LogP contribution in [-0.4, -0.2) is 16.2 Å². The molecule has 0 fully saturated rings. The standard InChI is InChI=1S/C10H8N2O3/c13-9-4-2-1-3-8(9)12-10(14)7-5-11-15-6-7/h1-6,13H,(H,12,14). The molecule has 0 bridgehead atoms. The Morgan fingerprint density at radius 1 is 1.40 bits per heavy atom. The maximum absolute atomic E-state index is 11.5. The zero-order valence-corrected chi connectivity index (χ0v) is 7.68. The molecule has 0 saturated carbocycles. The van der Waals surface area contributed by atoms with Crippen LogP contribution in [0.25, 0.3) is 0 Å². The van der Waals surface area contributed by atoms with Crippen LogP contribution >= 0.6 is 0 Å². The summed E-state index contributed by atoms with van der Waals surface area (Å²) in [4.78, 5) is 11.5. The maximum atomic E-state index is 11.5. The third-order valence-corrected chi connectivity index (χ3v) is 1.85. The zero-order chi connectivity index (χ0) is 10.7. The van der Waals surface area contributed by atoms with E-state index < -0.39 is 0 Å². The van der Waals surface area contributed by atoms with Gasteiger partial charge in [0.25, 0.3) is 5.91 Å². The van der Waals surface area contributed by atoms with Gasteiger partial charge in [-0.25, -0.2) is 0 Å². The molecule has 0 unspecified atom stereocenters. The SMILES string of the molecule is O=C(Nc1ccccc1O)c1cnoc1. The molecule has 0 spiro atoms. The van der Waals surface area contributed by atoms with E-state index in [-0.39, 0.29) is 11.7 Å². The van der Waals surface area contributed by atoms with Crippen molar-refractivity contribution in [3.63, 3.8) is 0 Å². The second-order valence-corrected chi connectivity index (χ2v) is 2.88. The van der Waals surface area contributed by atoms with Crippen LogP contribution in [-0.2, 0) is 0 Å². The molecule has 15 heavy (non-hydrogen) atoms. The number of carbonyl (C=O) groups is 1. The van der Waals surface area contributed by atoms with Crippen LogP contribution in [0.3, 0.4) is 0 Å². The molecule has 0 atom stereocenters. The minimum atomic E-state index is -0.377. The lowest BCUT2D eigenvalue weighted by molar-refractivity contribution is 0.102. The van der Waals surface area contributed by atoms with Gasteiger partial charge in [0.15, 0.2) is 0 Å². The maximum Gasteiger partial charge on any atom is 0.260 e. The van der Waals surface area contributed by atoms with Crippen LogP contribution in [0.1, 0.15) is 10.4 Å². The van der Waals surface area contributed by atoms with Crippen LogP contribution in [0.15, 0.2) is 41.2 Å². The minimum Gasteiger partial charge on any atom is -0.506 e. The van der Waals surface area contributed by atoms with Gasteiger partial charge < -0.3 is 14.9 Å². The van der Waals surface area contributed by atoms with Gasteiger partial charge in [-0.05, 0) is 12.1 Å². The van der Waals surface area contributed by atoms with E-state index in [9.17, 15) is 9.90 Å². The van der Waals surface area contributed by atoms with Crippen LogP contribution in [0.2, 0.25) is 0 Å². The van der Waals surface area contributed by atoms with Crippen molar-refractivity contribution < 1.29 is 14.4 Å². The fraction of sp³-hybridized carbons (Fsp3) is 0. The number of hydrogen-bond donors (Lipinski definition) is 2. The lowest BCUT2D eigenvalue weighted by Crippen LogP contribution is -2.10. The number of anilines is 1. The van der Waals surface area contributed by atoms with E-state index in [2.05, 4.69) is 15.0 Å². The van der Waals surface area contributed by atoms with Crippen molar-refractivity contribution in [1.82, 2.24) is 5.16 Å². The van der Waals surface area contributed by atoms with E-state index in [1.807, 2.05) is 0 Å². The number of benzene rings is 1. The Labute approximate surface area is 85.3 Å². The first kappa shape index (κ1) is 9.26. The number of rotatable bonds is 2. The monoisotopic (exact) mass is 204 g/mol. The molecule has 5 heteroatoms. The van der Waals surface area contributed by atoms with Crippen molar-refractivity contribution in [3.05, 3.63) is 42.3 Å². The summed E-state index contributed by atoms with van der Waals surface area (Å²) >= 11 is 0. The van der Waals surface area contributed by atoms with E-state index in [0.717, 1.165) is 0 Å². The highest BCUT2D eigenvalue weighted by Gasteiger charge is 2.09. The molecule has 0 aliphatic carbocycles. The highest BCUT2D eigenvalue weighted by molar-refractivity contribution is 6.04. The average Bonchev–Trinajstić information content (AvgIpc) is 2.74. The molecular weight excluding hydrogens is 196 g/mol. The molecule has 1 aromatic carbocycles. The molecule has 0 radical (unpaired) electrons. The number of aromatic nitrogens is 1. The Morgan fingerprint density at radius 2 is 2.20 bits per heavy atom. The van der Waals surface area contributed by atoms with Gasteiger partial charge in [-0.3, -0.25) is 4.79 Å². The number of hydrogen-bond acceptors (Lipinski definition) is 4. The first-order valence-corrected chi connectivity index (χ1v) is 4.26. The summed E-state index contributed by atoms with van der Waals surface area (Å²) in [6.07, 6.45) is 2.53. The van der Waals surface area contributed by atoms with Gasteiger partial charge in [0, 0.05) is 0 Å². The molecule has 0 aliphatic rings. The number of nitrogens with one attached hydrogen (secondary N) is 1. The zero-order valence-electron chi connectivity index (χ0n) is 7.68. The molecule has 1 amide bonds. The molecular formula is C10H8N2O3. The van der Waals surface area contributed by atoms with E-state index in [1.165, 1.54) is 18.5 Å². The van der Waals surface area contributed by atoms with Crippen LogP contribution in [0, 0.1) is 0 Å². The quantitative estimate of drug-likeness (QED) is 0.729. The van der Waals surface area contributed by atoms with E-state index in [0.29, 0.717) is 11.3 Å². The lowest BCUT2D eigenvalue weighted by Gasteiger charge is -2.04. The first-order valence-electron chi connectivity index (χ1n) is 4.26. The van der Waals surface area contributed by atoms with Crippen LogP contribution in [0.5, 0.6) is 5.75 Å². The number of carbonyl (C=O) groups excluding carboxylic acids is 1. The van der Waals surface area contributed by atoms with Crippen LogP contribution < -0.4 is 5.32 Å². The molecule has 1 heterocycles. The Balaban J connectivity index is 2.17. The van der Waals surface area contributed by atoms with Crippen molar-refractivity contribution >= 4 is 11.6 Å². The molecule has 2 aromatic rings. The van der Waals surface area contributed by atoms with Crippen molar-refractivity contribution in [2.75, 3.05) is 5.32 Å². The Hall–Kier alpha value is -2.30. The third-order valence-electron chi connectivity index (χ3n) is 1.85. The normalized spacial score (nSPS) is 9.87. The van der Waals surface area contributed by atoms with Gasteiger partial charge in [0.05, 0.1) is 17.4 Å². The second-order valence-electron chi connectivity index (χ2n) is 2.88. The number of aromatic hydroxyl groups is 1. The van der Waals surface area contributed by atoms with E-state index in [4.69, 9.17) is 0 Å². The topological polar surface area (TPSA) is 75.4 Å². The largest absolute Gasteiger partial charge is 0.506 e. The Bertz CT molecular complexity index is 465. The molecule has 5 nitrogen and oxygen atoms in total. The summed E-state index contributed by atoms with van der Waals surface area (Å²) in [7, 11) is 0. The Kier molecular flexibility index (Phi) is 2.37. The van der Waals surface area contributed by atoms with Crippen molar-refractivity contribution in [2.24, 2.45) is 0 Å². The van der Waals surface area contributed by atoms with Gasteiger partial charge in [0.1, 0.15) is 12.0 Å². The first-order chi connectivity index (χ1) is 7.27. The summed E-state index contributed by atoms with van der Waals surface area (Å²) in [5.74, 6) is -0.361. The predicted octanol–water partition coefficient (Wildman–Crippen LogP) is 1.63. The summed E-state index contributed by atoms with van der Waals surface area (Å²) in [6.45, 7) is 0. The van der Waals surface area contributed by atoms with Gasteiger partial charge in [0.2, 0.25) is 0 Å².